The lowest BCUT2D eigenvalue weighted by Gasteiger charge is -2.26. The summed E-state index contributed by atoms with van der Waals surface area (Å²) in [6, 6.07) is 0.326. The minimum absolute atomic E-state index is 0.0963. The zero-order chi connectivity index (χ0) is 11.5. The molecule has 1 fully saturated rings. The van der Waals surface area contributed by atoms with E-state index >= 15 is 0 Å². The van der Waals surface area contributed by atoms with E-state index in [0.717, 1.165) is 31.9 Å². The molecule has 0 aliphatic heterocycles. The van der Waals surface area contributed by atoms with Crippen molar-refractivity contribution in [3.63, 3.8) is 0 Å². The van der Waals surface area contributed by atoms with Gasteiger partial charge in [-0.1, -0.05) is 0 Å². The largest absolute Gasteiger partial charge is 0.352 e. The van der Waals surface area contributed by atoms with E-state index in [4.69, 9.17) is 5.73 Å². The van der Waals surface area contributed by atoms with Crippen molar-refractivity contribution in [2.24, 2.45) is 5.73 Å². The highest BCUT2D eigenvalue weighted by molar-refractivity contribution is 7.91. The Morgan fingerprint density at radius 1 is 1.33 bits per heavy atom. The van der Waals surface area contributed by atoms with Crippen molar-refractivity contribution in [2.45, 2.75) is 37.8 Å². The minimum atomic E-state index is -3.22. The molecule has 0 atom stereocenters. The highest BCUT2D eigenvalue weighted by Crippen LogP contribution is 2.16. The molecule has 15 heavy (non-hydrogen) atoms. The number of sulfone groups is 1. The van der Waals surface area contributed by atoms with Crippen LogP contribution in [0.3, 0.4) is 0 Å². The second-order valence-corrected chi connectivity index (χ2v) is 6.39. The SMILES string of the molecule is CS(=O)(=O)CC(=O)NC1CCC(N)CC1. The van der Waals surface area contributed by atoms with E-state index in [-0.39, 0.29) is 12.1 Å². The monoisotopic (exact) mass is 234 g/mol. The van der Waals surface area contributed by atoms with Gasteiger partial charge in [-0.25, -0.2) is 8.42 Å². The molecule has 0 spiro atoms. The van der Waals surface area contributed by atoms with Crippen molar-refractivity contribution in [3.05, 3.63) is 0 Å². The van der Waals surface area contributed by atoms with E-state index in [9.17, 15) is 13.2 Å². The van der Waals surface area contributed by atoms with E-state index in [2.05, 4.69) is 5.32 Å². The maximum atomic E-state index is 11.3. The predicted molar refractivity (Wildman–Crippen MR) is 58.1 cm³/mol. The Balaban J connectivity index is 2.33. The van der Waals surface area contributed by atoms with Gasteiger partial charge in [0.05, 0.1) is 0 Å². The van der Waals surface area contributed by atoms with E-state index < -0.39 is 21.5 Å². The van der Waals surface area contributed by atoms with Gasteiger partial charge in [0.15, 0.2) is 9.84 Å². The number of carbonyl (C=O) groups is 1. The summed E-state index contributed by atoms with van der Waals surface area (Å²) in [5, 5.41) is 2.72. The van der Waals surface area contributed by atoms with E-state index in [0.29, 0.717) is 0 Å². The van der Waals surface area contributed by atoms with Crippen LogP contribution in [0.15, 0.2) is 0 Å². The first-order valence-corrected chi connectivity index (χ1v) is 7.15. The number of rotatable bonds is 3. The maximum absolute atomic E-state index is 11.3. The van der Waals surface area contributed by atoms with Crippen LogP contribution < -0.4 is 11.1 Å². The second kappa shape index (κ2) is 4.94. The third-order valence-electron chi connectivity index (χ3n) is 2.53. The van der Waals surface area contributed by atoms with Crippen LogP contribution in [0.5, 0.6) is 0 Å². The Labute approximate surface area is 90.3 Å². The van der Waals surface area contributed by atoms with Crippen LogP contribution >= 0.6 is 0 Å². The van der Waals surface area contributed by atoms with E-state index in [1.165, 1.54) is 0 Å². The van der Waals surface area contributed by atoms with Gasteiger partial charge in [-0.2, -0.15) is 0 Å². The van der Waals surface area contributed by atoms with E-state index in [1.54, 1.807) is 0 Å². The van der Waals surface area contributed by atoms with Crippen molar-refractivity contribution in [3.8, 4) is 0 Å². The Hall–Kier alpha value is -0.620. The molecule has 0 radical (unpaired) electrons. The minimum Gasteiger partial charge on any atom is -0.352 e. The fourth-order valence-corrected chi connectivity index (χ4v) is 2.33. The van der Waals surface area contributed by atoms with E-state index in [1.807, 2.05) is 0 Å². The molecule has 0 aromatic carbocycles. The third kappa shape index (κ3) is 5.13. The van der Waals surface area contributed by atoms with Crippen molar-refractivity contribution in [1.82, 2.24) is 5.32 Å². The number of amides is 1. The number of hydrogen-bond donors (Lipinski definition) is 2. The summed E-state index contributed by atoms with van der Waals surface area (Å²) in [5.41, 5.74) is 5.72. The Kier molecular flexibility index (Phi) is 4.10. The number of carbonyl (C=O) groups excluding carboxylic acids is 1. The molecule has 5 nitrogen and oxygen atoms in total. The highest BCUT2D eigenvalue weighted by atomic mass is 32.2. The topological polar surface area (TPSA) is 89.3 Å². The maximum Gasteiger partial charge on any atom is 0.235 e. The molecule has 0 aromatic rings. The van der Waals surface area contributed by atoms with Crippen LogP contribution in [0.4, 0.5) is 0 Å². The number of hydrogen-bond acceptors (Lipinski definition) is 4. The first kappa shape index (κ1) is 12.4. The lowest BCUT2D eigenvalue weighted by atomic mass is 9.92. The summed E-state index contributed by atoms with van der Waals surface area (Å²) in [7, 11) is -3.22. The fourth-order valence-electron chi connectivity index (χ4n) is 1.77. The number of nitrogens with one attached hydrogen (secondary N) is 1. The Morgan fingerprint density at radius 3 is 2.33 bits per heavy atom. The van der Waals surface area contributed by atoms with Gasteiger partial charge in [0, 0.05) is 18.3 Å². The van der Waals surface area contributed by atoms with Crippen LogP contribution in [0.1, 0.15) is 25.7 Å². The van der Waals surface area contributed by atoms with Gasteiger partial charge in [-0.05, 0) is 25.7 Å². The molecule has 0 aromatic heterocycles. The molecule has 0 bridgehead atoms. The standard InChI is InChI=1S/C9H18N2O3S/c1-15(13,14)6-9(12)11-8-4-2-7(10)3-5-8/h7-8H,2-6,10H2,1H3,(H,11,12). The second-order valence-electron chi connectivity index (χ2n) is 4.25. The lowest BCUT2D eigenvalue weighted by molar-refractivity contribution is -0.119. The van der Waals surface area contributed by atoms with Crippen molar-refractivity contribution < 1.29 is 13.2 Å². The summed E-state index contributed by atoms with van der Waals surface area (Å²) in [4.78, 5) is 11.3. The molecule has 88 valence electrons. The average Bonchev–Trinajstić information content (AvgIpc) is 2.05. The summed E-state index contributed by atoms with van der Waals surface area (Å²) < 4.78 is 21.7. The first-order valence-electron chi connectivity index (χ1n) is 5.09. The molecule has 6 heteroatoms. The van der Waals surface area contributed by atoms with Crippen LogP contribution in [0, 0.1) is 0 Å². The number of nitrogens with two attached hydrogens (primary N) is 1. The fraction of sp³-hybridized carbons (Fsp3) is 0.889. The predicted octanol–water partition coefficient (Wildman–Crippen LogP) is -0.583. The van der Waals surface area contributed by atoms with Gasteiger partial charge < -0.3 is 11.1 Å². The normalized spacial score (nSPS) is 27.3. The third-order valence-corrected chi connectivity index (χ3v) is 3.32. The first-order chi connectivity index (χ1) is 6.87. The average molecular weight is 234 g/mol. The molecular formula is C9H18N2O3S. The van der Waals surface area contributed by atoms with Gasteiger partial charge in [-0.3, -0.25) is 4.79 Å². The Bertz CT molecular complexity index is 318. The summed E-state index contributed by atoms with van der Waals surface area (Å²) in [5.74, 6) is -0.826. The zero-order valence-corrected chi connectivity index (χ0v) is 9.72. The molecular weight excluding hydrogens is 216 g/mol. The molecule has 0 unspecified atom stereocenters. The molecule has 1 rings (SSSR count). The van der Waals surface area contributed by atoms with Crippen LogP contribution in [0.25, 0.3) is 0 Å². The summed E-state index contributed by atoms with van der Waals surface area (Å²) in [6.45, 7) is 0. The molecule has 1 amide bonds. The molecule has 1 aliphatic carbocycles. The molecule has 3 N–H and O–H groups in total. The molecule has 0 heterocycles. The summed E-state index contributed by atoms with van der Waals surface area (Å²) in [6.07, 6.45) is 4.53. The smallest absolute Gasteiger partial charge is 0.235 e. The quantitative estimate of drug-likeness (QED) is 0.683. The van der Waals surface area contributed by atoms with Gasteiger partial charge in [0.1, 0.15) is 5.75 Å². The highest BCUT2D eigenvalue weighted by Gasteiger charge is 2.21. The van der Waals surface area contributed by atoms with Crippen LogP contribution in [0.2, 0.25) is 0 Å². The zero-order valence-electron chi connectivity index (χ0n) is 8.90. The van der Waals surface area contributed by atoms with Crippen LogP contribution in [-0.2, 0) is 14.6 Å². The van der Waals surface area contributed by atoms with Gasteiger partial charge in [-0.15, -0.1) is 0 Å². The van der Waals surface area contributed by atoms with Gasteiger partial charge in [0.2, 0.25) is 5.91 Å². The van der Waals surface area contributed by atoms with Crippen molar-refractivity contribution >= 4 is 15.7 Å². The van der Waals surface area contributed by atoms with Gasteiger partial charge >= 0.3 is 0 Å². The molecule has 1 aliphatic rings. The lowest BCUT2D eigenvalue weighted by Crippen LogP contribution is -2.42. The van der Waals surface area contributed by atoms with Crippen molar-refractivity contribution in [2.75, 3.05) is 12.0 Å². The molecule has 0 saturated heterocycles. The van der Waals surface area contributed by atoms with Gasteiger partial charge in [0.25, 0.3) is 0 Å². The van der Waals surface area contributed by atoms with Crippen molar-refractivity contribution in [1.29, 1.82) is 0 Å². The molecule has 1 saturated carbocycles. The Morgan fingerprint density at radius 2 is 1.87 bits per heavy atom. The summed E-state index contributed by atoms with van der Waals surface area (Å²) >= 11 is 0. The van der Waals surface area contributed by atoms with Crippen LogP contribution in [-0.4, -0.2) is 38.4 Å².